The molecule has 0 saturated heterocycles. The summed E-state index contributed by atoms with van der Waals surface area (Å²) in [5, 5.41) is 11.7. The Kier molecular flexibility index (Phi) is 3.74. The summed E-state index contributed by atoms with van der Waals surface area (Å²) >= 11 is 0. The van der Waals surface area contributed by atoms with E-state index in [1.54, 1.807) is 19.1 Å². The molecule has 0 saturated carbocycles. The Labute approximate surface area is 115 Å². The molecule has 0 fully saturated rings. The number of pyridine rings is 2. The molecule has 2 aromatic rings. The molecule has 6 heteroatoms. The maximum absolute atomic E-state index is 12.1. The molecular formula is C14H13N3O3. The van der Waals surface area contributed by atoms with Gasteiger partial charge in [0.05, 0.1) is 16.9 Å². The number of nitrogens with one attached hydrogen (secondary N) is 1. The molecule has 6 nitrogen and oxygen atoms in total. The predicted octanol–water partition coefficient (Wildman–Crippen LogP) is 2.04. The summed E-state index contributed by atoms with van der Waals surface area (Å²) < 4.78 is 0. The van der Waals surface area contributed by atoms with Gasteiger partial charge in [0.15, 0.2) is 0 Å². The molecule has 0 aliphatic rings. The van der Waals surface area contributed by atoms with Crippen molar-refractivity contribution in [3.63, 3.8) is 0 Å². The number of anilines is 1. The molecule has 0 bridgehead atoms. The Hall–Kier alpha value is -2.76. The van der Waals surface area contributed by atoms with E-state index in [0.29, 0.717) is 11.4 Å². The molecule has 0 spiro atoms. The summed E-state index contributed by atoms with van der Waals surface area (Å²) in [5.41, 5.74) is 1.76. The molecule has 20 heavy (non-hydrogen) atoms. The lowest BCUT2D eigenvalue weighted by Gasteiger charge is -2.09. The highest BCUT2D eigenvalue weighted by Gasteiger charge is 2.18. The molecule has 1 amide bonds. The molecule has 102 valence electrons. The van der Waals surface area contributed by atoms with E-state index in [1.165, 1.54) is 18.3 Å². The lowest BCUT2D eigenvalue weighted by atomic mass is 10.2. The molecule has 0 aromatic carbocycles. The van der Waals surface area contributed by atoms with Gasteiger partial charge < -0.3 is 10.4 Å². The number of hydrogen-bond donors (Lipinski definition) is 2. The van der Waals surface area contributed by atoms with Crippen LogP contribution in [0.4, 0.5) is 5.69 Å². The Morgan fingerprint density at radius 1 is 1.20 bits per heavy atom. The van der Waals surface area contributed by atoms with Crippen molar-refractivity contribution < 1.29 is 14.7 Å². The fourth-order valence-electron chi connectivity index (χ4n) is 1.76. The van der Waals surface area contributed by atoms with E-state index in [9.17, 15) is 9.59 Å². The number of aryl methyl sites for hydroxylation is 2. The third kappa shape index (κ3) is 2.80. The van der Waals surface area contributed by atoms with Crippen LogP contribution in [-0.2, 0) is 0 Å². The molecule has 2 heterocycles. The third-order valence-corrected chi connectivity index (χ3v) is 2.73. The van der Waals surface area contributed by atoms with Gasteiger partial charge in [-0.25, -0.2) is 4.79 Å². The van der Waals surface area contributed by atoms with Crippen LogP contribution in [0.1, 0.15) is 32.2 Å². The van der Waals surface area contributed by atoms with Crippen LogP contribution in [0.5, 0.6) is 0 Å². The minimum Gasteiger partial charge on any atom is -0.478 e. The van der Waals surface area contributed by atoms with Gasteiger partial charge in [-0.2, -0.15) is 0 Å². The van der Waals surface area contributed by atoms with E-state index in [1.807, 2.05) is 6.92 Å². The van der Waals surface area contributed by atoms with Gasteiger partial charge in [0.25, 0.3) is 5.91 Å². The largest absolute Gasteiger partial charge is 0.478 e. The quantitative estimate of drug-likeness (QED) is 0.891. The number of carboxylic acids is 1. The van der Waals surface area contributed by atoms with Gasteiger partial charge in [0, 0.05) is 11.9 Å². The van der Waals surface area contributed by atoms with Crippen LogP contribution < -0.4 is 5.32 Å². The number of aromatic carboxylic acids is 1. The van der Waals surface area contributed by atoms with E-state index in [0.717, 1.165) is 5.69 Å². The van der Waals surface area contributed by atoms with Crippen LogP contribution in [0, 0.1) is 13.8 Å². The first-order valence-corrected chi connectivity index (χ1v) is 5.93. The second-order valence-corrected chi connectivity index (χ2v) is 4.24. The van der Waals surface area contributed by atoms with Crippen LogP contribution in [0.25, 0.3) is 0 Å². The first kappa shape index (κ1) is 13.7. The lowest BCUT2D eigenvalue weighted by Crippen LogP contribution is -2.19. The molecule has 2 aromatic heterocycles. The Balaban J connectivity index is 2.31. The topological polar surface area (TPSA) is 92.2 Å². The predicted molar refractivity (Wildman–Crippen MR) is 72.9 cm³/mol. The minimum absolute atomic E-state index is 0.125. The van der Waals surface area contributed by atoms with Gasteiger partial charge in [-0.05, 0) is 38.1 Å². The van der Waals surface area contributed by atoms with Crippen molar-refractivity contribution in [3.05, 3.63) is 53.1 Å². The first-order chi connectivity index (χ1) is 9.49. The van der Waals surface area contributed by atoms with Crippen molar-refractivity contribution in [2.75, 3.05) is 5.32 Å². The summed E-state index contributed by atoms with van der Waals surface area (Å²) in [6.07, 6.45) is 1.38. The van der Waals surface area contributed by atoms with Crippen molar-refractivity contribution >= 4 is 17.6 Å². The SMILES string of the molecule is Cc1ccc(NC(=O)c2ncccc2C(=O)O)c(C)n1. The molecule has 0 aliphatic carbocycles. The molecule has 0 unspecified atom stereocenters. The van der Waals surface area contributed by atoms with Gasteiger partial charge in [-0.15, -0.1) is 0 Å². The zero-order valence-corrected chi connectivity index (χ0v) is 11.0. The van der Waals surface area contributed by atoms with Gasteiger partial charge in [-0.3, -0.25) is 14.8 Å². The summed E-state index contributed by atoms with van der Waals surface area (Å²) in [6, 6.07) is 6.29. The number of hydrogen-bond acceptors (Lipinski definition) is 4. The number of aromatic nitrogens is 2. The first-order valence-electron chi connectivity index (χ1n) is 5.93. The van der Waals surface area contributed by atoms with E-state index < -0.39 is 11.9 Å². The molecule has 0 aliphatic heterocycles. The second-order valence-electron chi connectivity index (χ2n) is 4.24. The number of amides is 1. The molecule has 2 rings (SSSR count). The van der Waals surface area contributed by atoms with Crippen LogP contribution in [0.15, 0.2) is 30.5 Å². The molecular weight excluding hydrogens is 258 g/mol. The number of carbonyl (C=O) groups is 2. The summed E-state index contributed by atoms with van der Waals surface area (Å²) in [6.45, 7) is 3.61. The van der Waals surface area contributed by atoms with Crippen LogP contribution in [0.2, 0.25) is 0 Å². The standard InChI is InChI=1S/C14H13N3O3/c1-8-5-6-11(9(2)16-8)17-13(18)12-10(14(19)20)4-3-7-15-12/h3-7H,1-2H3,(H,17,18)(H,19,20). The monoisotopic (exact) mass is 271 g/mol. The van der Waals surface area contributed by atoms with Crippen molar-refractivity contribution in [2.45, 2.75) is 13.8 Å². The van der Waals surface area contributed by atoms with E-state index in [-0.39, 0.29) is 11.3 Å². The van der Waals surface area contributed by atoms with Crippen LogP contribution in [0.3, 0.4) is 0 Å². The number of carbonyl (C=O) groups excluding carboxylic acids is 1. The number of nitrogens with zero attached hydrogens (tertiary/aromatic N) is 2. The Morgan fingerprint density at radius 3 is 2.60 bits per heavy atom. The van der Waals surface area contributed by atoms with Crippen molar-refractivity contribution in [1.29, 1.82) is 0 Å². The third-order valence-electron chi connectivity index (χ3n) is 2.73. The Bertz CT molecular complexity index is 683. The van der Waals surface area contributed by atoms with Crippen molar-refractivity contribution in [1.82, 2.24) is 9.97 Å². The maximum atomic E-state index is 12.1. The second kappa shape index (κ2) is 5.48. The van der Waals surface area contributed by atoms with E-state index in [2.05, 4.69) is 15.3 Å². The molecule has 0 atom stereocenters. The summed E-state index contributed by atoms with van der Waals surface area (Å²) in [4.78, 5) is 31.2. The molecule has 2 N–H and O–H groups in total. The van der Waals surface area contributed by atoms with Gasteiger partial charge in [0.1, 0.15) is 5.69 Å². The van der Waals surface area contributed by atoms with Gasteiger partial charge in [-0.1, -0.05) is 0 Å². The lowest BCUT2D eigenvalue weighted by molar-refractivity contribution is 0.0691. The average molecular weight is 271 g/mol. The smallest absolute Gasteiger partial charge is 0.338 e. The highest BCUT2D eigenvalue weighted by Crippen LogP contribution is 2.15. The van der Waals surface area contributed by atoms with Crippen molar-refractivity contribution in [2.24, 2.45) is 0 Å². The maximum Gasteiger partial charge on any atom is 0.338 e. The fourth-order valence-corrected chi connectivity index (χ4v) is 1.76. The minimum atomic E-state index is -1.19. The highest BCUT2D eigenvalue weighted by molar-refractivity contribution is 6.09. The Morgan fingerprint density at radius 2 is 1.95 bits per heavy atom. The van der Waals surface area contributed by atoms with E-state index in [4.69, 9.17) is 5.11 Å². The van der Waals surface area contributed by atoms with Crippen molar-refractivity contribution in [3.8, 4) is 0 Å². The molecule has 0 radical (unpaired) electrons. The average Bonchev–Trinajstić information content (AvgIpc) is 2.41. The number of rotatable bonds is 3. The van der Waals surface area contributed by atoms with Gasteiger partial charge >= 0.3 is 5.97 Å². The highest BCUT2D eigenvalue weighted by atomic mass is 16.4. The van der Waals surface area contributed by atoms with Crippen LogP contribution >= 0.6 is 0 Å². The normalized spacial score (nSPS) is 10.1. The number of carboxylic acid groups (broad SMARTS) is 1. The summed E-state index contributed by atoms with van der Waals surface area (Å²) in [7, 11) is 0. The summed E-state index contributed by atoms with van der Waals surface area (Å²) in [5.74, 6) is -1.77. The van der Waals surface area contributed by atoms with Gasteiger partial charge in [0.2, 0.25) is 0 Å². The van der Waals surface area contributed by atoms with Crippen LogP contribution in [-0.4, -0.2) is 27.0 Å². The zero-order valence-electron chi connectivity index (χ0n) is 11.0. The zero-order chi connectivity index (χ0) is 14.7. The van der Waals surface area contributed by atoms with E-state index >= 15 is 0 Å². The fraction of sp³-hybridized carbons (Fsp3) is 0.143.